The Hall–Kier alpha value is -1.51. The zero-order valence-electron chi connectivity index (χ0n) is 9.56. The SMILES string of the molecule is Cc1ccc(N2C(N)=NCC2C2CC2)cc1. The summed E-state index contributed by atoms with van der Waals surface area (Å²) < 4.78 is 0. The van der Waals surface area contributed by atoms with Crippen LogP contribution in [0.5, 0.6) is 0 Å². The van der Waals surface area contributed by atoms with E-state index < -0.39 is 0 Å². The average molecular weight is 215 g/mol. The highest BCUT2D eigenvalue weighted by Gasteiger charge is 2.39. The molecule has 84 valence electrons. The number of aryl methyl sites for hydroxylation is 1. The predicted molar refractivity (Wildman–Crippen MR) is 66.7 cm³/mol. The molecule has 2 aliphatic rings. The number of hydrogen-bond donors (Lipinski definition) is 1. The van der Waals surface area contributed by atoms with Crippen molar-refractivity contribution in [3.8, 4) is 0 Å². The number of nitrogens with zero attached hydrogens (tertiary/aromatic N) is 2. The lowest BCUT2D eigenvalue weighted by Crippen LogP contribution is -2.42. The second-order valence-corrected chi connectivity index (χ2v) is 4.81. The summed E-state index contributed by atoms with van der Waals surface area (Å²) in [4.78, 5) is 6.58. The normalized spacial score (nSPS) is 24.7. The van der Waals surface area contributed by atoms with E-state index in [0.29, 0.717) is 12.0 Å². The first kappa shape index (κ1) is 9.70. The second kappa shape index (κ2) is 3.51. The highest BCUT2D eigenvalue weighted by atomic mass is 15.3. The van der Waals surface area contributed by atoms with Crippen LogP contribution >= 0.6 is 0 Å². The fraction of sp³-hybridized carbons (Fsp3) is 0.462. The van der Waals surface area contributed by atoms with Crippen LogP contribution in [0.2, 0.25) is 0 Å². The summed E-state index contributed by atoms with van der Waals surface area (Å²) in [5, 5.41) is 0. The van der Waals surface area contributed by atoms with Gasteiger partial charge in [-0.2, -0.15) is 0 Å². The van der Waals surface area contributed by atoms with Gasteiger partial charge < -0.3 is 10.6 Å². The van der Waals surface area contributed by atoms with E-state index in [1.807, 2.05) is 0 Å². The molecular weight excluding hydrogens is 198 g/mol. The summed E-state index contributed by atoms with van der Waals surface area (Å²) in [5.41, 5.74) is 8.44. The van der Waals surface area contributed by atoms with Crippen LogP contribution in [0, 0.1) is 12.8 Å². The van der Waals surface area contributed by atoms with Gasteiger partial charge in [0.25, 0.3) is 0 Å². The van der Waals surface area contributed by atoms with Gasteiger partial charge in [0.15, 0.2) is 5.96 Å². The molecular formula is C13H17N3. The van der Waals surface area contributed by atoms with Crippen molar-refractivity contribution in [3.63, 3.8) is 0 Å². The number of nitrogens with two attached hydrogens (primary N) is 1. The lowest BCUT2D eigenvalue weighted by Gasteiger charge is -2.26. The van der Waals surface area contributed by atoms with Crippen molar-refractivity contribution in [2.24, 2.45) is 16.6 Å². The molecule has 1 fully saturated rings. The van der Waals surface area contributed by atoms with Crippen LogP contribution in [0.25, 0.3) is 0 Å². The molecule has 0 saturated heterocycles. The van der Waals surface area contributed by atoms with Crippen molar-refractivity contribution in [2.45, 2.75) is 25.8 Å². The van der Waals surface area contributed by atoms with Crippen molar-refractivity contribution in [3.05, 3.63) is 29.8 Å². The average Bonchev–Trinajstić information content (AvgIpc) is 3.05. The summed E-state index contributed by atoms with van der Waals surface area (Å²) in [6.07, 6.45) is 2.66. The molecule has 1 aromatic rings. The Kier molecular flexibility index (Phi) is 2.13. The van der Waals surface area contributed by atoms with Gasteiger partial charge in [-0.25, -0.2) is 0 Å². The van der Waals surface area contributed by atoms with Crippen molar-refractivity contribution < 1.29 is 0 Å². The van der Waals surface area contributed by atoms with E-state index in [-0.39, 0.29) is 0 Å². The van der Waals surface area contributed by atoms with E-state index >= 15 is 0 Å². The molecule has 0 spiro atoms. The minimum absolute atomic E-state index is 0.503. The van der Waals surface area contributed by atoms with Gasteiger partial charge in [-0.1, -0.05) is 17.7 Å². The molecule has 0 bridgehead atoms. The van der Waals surface area contributed by atoms with Gasteiger partial charge in [-0.3, -0.25) is 4.99 Å². The van der Waals surface area contributed by atoms with Crippen LogP contribution in [0.1, 0.15) is 18.4 Å². The van der Waals surface area contributed by atoms with Crippen molar-refractivity contribution >= 4 is 11.6 Å². The molecule has 1 aromatic carbocycles. The Morgan fingerprint density at radius 1 is 1.25 bits per heavy atom. The second-order valence-electron chi connectivity index (χ2n) is 4.81. The molecule has 3 rings (SSSR count). The largest absolute Gasteiger partial charge is 0.370 e. The molecule has 1 saturated carbocycles. The zero-order valence-corrected chi connectivity index (χ0v) is 9.56. The number of rotatable bonds is 2. The Balaban J connectivity index is 1.90. The molecule has 16 heavy (non-hydrogen) atoms. The van der Waals surface area contributed by atoms with E-state index in [9.17, 15) is 0 Å². The summed E-state index contributed by atoms with van der Waals surface area (Å²) in [6.45, 7) is 2.97. The quantitative estimate of drug-likeness (QED) is 0.818. The third kappa shape index (κ3) is 1.56. The summed E-state index contributed by atoms with van der Waals surface area (Å²) >= 11 is 0. The summed E-state index contributed by atoms with van der Waals surface area (Å²) in [7, 11) is 0. The van der Waals surface area contributed by atoms with E-state index in [2.05, 4.69) is 41.1 Å². The lowest BCUT2D eigenvalue weighted by molar-refractivity contribution is 0.626. The van der Waals surface area contributed by atoms with E-state index in [1.165, 1.54) is 24.1 Å². The first-order valence-corrected chi connectivity index (χ1v) is 5.91. The minimum atomic E-state index is 0.503. The van der Waals surface area contributed by atoms with Crippen LogP contribution in [0.4, 0.5) is 5.69 Å². The molecule has 0 radical (unpaired) electrons. The Bertz CT molecular complexity index is 417. The molecule has 1 aliphatic carbocycles. The topological polar surface area (TPSA) is 41.6 Å². The van der Waals surface area contributed by atoms with Gasteiger partial charge in [0.05, 0.1) is 12.6 Å². The number of aliphatic imine (C=N–C) groups is 1. The van der Waals surface area contributed by atoms with Gasteiger partial charge >= 0.3 is 0 Å². The zero-order chi connectivity index (χ0) is 11.1. The number of guanidine groups is 1. The maximum atomic E-state index is 5.98. The third-order valence-electron chi connectivity index (χ3n) is 3.50. The molecule has 1 unspecified atom stereocenters. The van der Waals surface area contributed by atoms with E-state index in [4.69, 9.17) is 5.73 Å². The van der Waals surface area contributed by atoms with E-state index in [1.54, 1.807) is 0 Å². The lowest BCUT2D eigenvalue weighted by atomic mass is 10.1. The fourth-order valence-electron chi connectivity index (χ4n) is 2.38. The molecule has 3 heteroatoms. The highest BCUT2D eigenvalue weighted by molar-refractivity contribution is 5.97. The predicted octanol–water partition coefficient (Wildman–Crippen LogP) is 1.91. The van der Waals surface area contributed by atoms with Gasteiger partial charge in [-0.15, -0.1) is 0 Å². The molecule has 2 N–H and O–H groups in total. The first-order valence-electron chi connectivity index (χ1n) is 5.91. The molecule has 1 heterocycles. The third-order valence-corrected chi connectivity index (χ3v) is 3.50. The number of hydrogen-bond acceptors (Lipinski definition) is 3. The maximum Gasteiger partial charge on any atom is 0.196 e. The molecule has 0 aromatic heterocycles. The molecule has 0 amide bonds. The minimum Gasteiger partial charge on any atom is -0.370 e. The first-order chi connectivity index (χ1) is 7.75. The van der Waals surface area contributed by atoms with Crippen LogP contribution in [-0.4, -0.2) is 18.5 Å². The molecule has 1 atom stereocenters. The van der Waals surface area contributed by atoms with Gasteiger partial charge in [0.1, 0.15) is 0 Å². The van der Waals surface area contributed by atoms with Crippen molar-refractivity contribution in [2.75, 3.05) is 11.4 Å². The summed E-state index contributed by atoms with van der Waals surface area (Å²) in [5.74, 6) is 1.48. The highest BCUT2D eigenvalue weighted by Crippen LogP contribution is 2.38. The van der Waals surface area contributed by atoms with Gasteiger partial charge in [0, 0.05) is 5.69 Å². The molecule has 1 aliphatic heterocycles. The fourth-order valence-corrected chi connectivity index (χ4v) is 2.38. The maximum absolute atomic E-state index is 5.98. The van der Waals surface area contributed by atoms with Gasteiger partial charge in [0.2, 0.25) is 0 Å². The van der Waals surface area contributed by atoms with Crippen LogP contribution < -0.4 is 10.6 Å². The monoisotopic (exact) mass is 215 g/mol. The van der Waals surface area contributed by atoms with Crippen LogP contribution in [0.15, 0.2) is 29.3 Å². The standard InChI is InChI=1S/C13H17N3/c1-9-2-6-11(7-3-9)16-12(10-4-5-10)8-15-13(16)14/h2-3,6-7,10,12H,4-5,8H2,1H3,(H2,14,15). The number of benzene rings is 1. The Labute approximate surface area is 96.0 Å². The van der Waals surface area contributed by atoms with Crippen molar-refractivity contribution in [1.82, 2.24) is 0 Å². The Morgan fingerprint density at radius 3 is 2.56 bits per heavy atom. The van der Waals surface area contributed by atoms with Gasteiger partial charge in [-0.05, 0) is 37.8 Å². The molecule has 3 nitrogen and oxygen atoms in total. The van der Waals surface area contributed by atoms with Crippen molar-refractivity contribution in [1.29, 1.82) is 0 Å². The smallest absolute Gasteiger partial charge is 0.196 e. The van der Waals surface area contributed by atoms with Crippen LogP contribution in [-0.2, 0) is 0 Å². The number of anilines is 1. The van der Waals surface area contributed by atoms with E-state index in [0.717, 1.165) is 12.5 Å². The Morgan fingerprint density at radius 2 is 1.94 bits per heavy atom. The van der Waals surface area contributed by atoms with Crippen LogP contribution in [0.3, 0.4) is 0 Å². The summed E-state index contributed by atoms with van der Waals surface area (Å²) in [6, 6.07) is 9.04.